The minimum atomic E-state index is -0.185. The molecule has 0 aliphatic carbocycles. The standard InChI is InChI=1S/C12H14N4O2/c1-9-3-2-4-10(5-9)13-12(18)7-16-6-11(8-17)14-15-16/h2-6,17H,7-8H2,1H3,(H,13,18). The molecule has 2 N–H and O–H groups in total. The van der Waals surface area contributed by atoms with Crippen LogP contribution in [-0.4, -0.2) is 26.0 Å². The number of nitrogens with one attached hydrogen (secondary N) is 1. The van der Waals surface area contributed by atoms with Gasteiger partial charge in [-0.3, -0.25) is 4.79 Å². The van der Waals surface area contributed by atoms with Crippen molar-refractivity contribution in [2.24, 2.45) is 0 Å². The Morgan fingerprint density at radius 2 is 2.33 bits per heavy atom. The number of anilines is 1. The first-order valence-electron chi connectivity index (χ1n) is 5.54. The van der Waals surface area contributed by atoms with E-state index in [0.717, 1.165) is 11.3 Å². The topological polar surface area (TPSA) is 80.0 Å². The molecule has 0 saturated carbocycles. The van der Waals surface area contributed by atoms with Crippen molar-refractivity contribution in [3.8, 4) is 0 Å². The number of nitrogens with zero attached hydrogens (tertiary/aromatic N) is 3. The van der Waals surface area contributed by atoms with Crippen LogP contribution in [0.1, 0.15) is 11.3 Å². The molecule has 0 aliphatic rings. The molecule has 0 bridgehead atoms. The van der Waals surface area contributed by atoms with Crippen molar-refractivity contribution in [1.29, 1.82) is 0 Å². The maximum absolute atomic E-state index is 11.7. The van der Waals surface area contributed by atoms with Crippen molar-refractivity contribution < 1.29 is 9.90 Å². The van der Waals surface area contributed by atoms with Crippen LogP contribution < -0.4 is 5.32 Å². The van der Waals surface area contributed by atoms with Crippen LogP contribution in [0.4, 0.5) is 5.69 Å². The van der Waals surface area contributed by atoms with Crippen molar-refractivity contribution >= 4 is 11.6 Å². The van der Waals surface area contributed by atoms with E-state index < -0.39 is 0 Å². The largest absolute Gasteiger partial charge is 0.390 e. The Kier molecular flexibility index (Phi) is 3.69. The van der Waals surface area contributed by atoms with E-state index in [1.807, 2.05) is 31.2 Å². The van der Waals surface area contributed by atoms with Gasteiger partial charge in [0.25, 0.3) is 0 Å². The van der Waals surface area contributed by atoms with Gasteiger partial charge in [0.1, 0.15) is 12.2 Å². The molecule has 0 atom stereocenters. The summed E-state index contributed by atoms with van der Waals surface area (Å²) in [5, 5.41) is 19.0. The van der Waals surface area contributed by atoms with Crippen LogP contribution in [0.3, 0.4) is 0 Å². The number of carbonyl (C=O) groups excluding carboxylic acids is 1. The highest BCUT2D eigenvalue weighted by atomic mass is 16.3. The third-order valence-corrected chi connectivity index (χ3v) is 2.36. The number of aromatic nitrogens is 3. The third kappa shape index (κ3) is 3.14. The summed E-state index contributed by atoms with van der Waals surface area (Å²) in [5.41, 5.74) is 2.27. The molecule has 1 heterocycles. The second-order valence-corrected chi connectivity index (χ2v) is 3.98. The molecule has 1 aromatic heterocycles. The molecule has 0 fully saturated rings. The van der Waals surface area contributed by atoms with E-state index in [-0.39, 0.29) is 19.1 Å². The number of aliphatic hydroxyl groups is 1. The molecule has 2 aromatic rings. The Morgan fingerprint density at radius 3 is 3.00 bits per heavy atom. The van der Waals surface area contributed by atoms with E-state index in [9.17, 15) is 4.79 Å². The lowest BCUT2D eigenvalue weighted by atomic mass is 10.2. The summed E-state index contributed by atoms with van der Waals surface area (Å²) in [4.78, 5) is 11.7. The van der Waals surface area contributed by atoms with Gasteiger partial charge in [-0.05, 0) is 24.6 Å². The lowest BCUT2D eigenvalue weighted by Gasteiger charge is -2.05. The quantitative estimate of drug-likeness (QED) is 0.833. The van der Waals surface area contributed by atoms with Crippen LogP contribution in [-0.2, 0) is 17.9 Å². The van der Waals surface area contributed by atoms with Gasteiger partial charge in [0.2, 0.25) is 5.91 Å². The Labute approximate surface area is 104 Å². The van der Waals surface area contributed by atoms with Gasteiger partial charge in [-0.25, -0.2) is 4.68 Å². The third-order valence-electron chi connectivity index (χ3n) is 2.36. The van der Waals surface area contributed by atoms with Gasteiger partial charge in [-0.1, -0.05) is 17.3 Å². The van der Waals surface area contributed by atoms with E-state index in [1.165, 1.54) is 10.9 Å². The van der Waals surface area contributed by atoms with Crippen LogP contribution in [0.25, 0.3) is 0 Å². The van der Waals surface area contributed by atoms with E-state index >= 15 is 0 Å². The molecule has 0 saturated heterocycles. The molecular weight excluding hydrogens is 232 g/mol. The van der Waals surface area contributed by atoms with Crippen molar-refractivity contribution in [3.63, 3.8) is 0 Å². The van der Waals surface area contributed by atoms with Crippen LogP contribution in [0, 0.1) is 6.92 Å². The monoisotopic (exact) mass is 246 g/mol. The van der Waals surface area contributed by atoms with E-state index in [1.54, 1.807) is 0 Å². The highest BCUT2D eigenvalue weighted by Gasteiger charge is 2.06. The number of rotatable bonds is 4. The molecule has 94 valence electrons. The summed E-state index contributed by atoms with van der Waals surface area (Å²) in [7, 11) is 0. The van der Waals surface area contributed by atoms with E-state index in [0.29, 0.717) is 5.69 Å². The number of aryl methyl sites for hydroxylation is 1. The summed E-state index contributed by atoms with van der Waals surface area (Å²) < 4.78 is 1.39. The molecule has 0 unspecified atom stereocenters. The summed E-state index contributed by atoms with van der Waals surface area (Å²) in [6.07, 6.45) is 1.54. The summed E-state index contributed by atoms with van der Waals surface area (Å²) in [6, 6.07) is 7.55. The predicted molar refractivity (Wildman–Crippen MR) is 65.8 cm³/mol. The summed E-state index contributed by atoms with van der Waals surface area (Å²) in [5.74, 6) is -0.185. The molecule has 6 nitrogen and oxygen atoms in total. The van der Waals surface area contributed by atoms with Gasteiger partial charge < -0.3 is 10.4 Å². The maximum Gasteiger partial charge on any atom is 0.246 e. The predicted octanol–water partition coefficient (Wildman–Crippen LogP) is 0.718. The molecule has 1 aromatic carbocycles. The second kappa shape index (κ2) is 5.42. The Balaban J connectivity index is 1.96. The molecule has 0 radical (unpaired) electrons. The Hall–Kier alpha value is -2.21. The summed E-state index contributed by atoms with van der Waals surface area (Å²) in [6.45, 7) is 1.85. The first-order chi connectivity index (χ1) is 8.67. The zero-order valence-electron chi connectivity index (χ0n) is 10.00. The first kappa shape index (κ1) is 12.3. The van der Waals surface area contributed by atoms with Gasteiger partial charge in [-0.2, -0.15) is 0 Å². The Bertz CT molecular complexity index is 551. The van der Waals surface area contributed by atoms with Gasteiger partial charge in [0, 0.05) is 5.69 Å². The SMILES string of the molecule is Cc1cccc(NC(=O)Cn2cc(CO)nn2)c1. The number of benzene rings is 1. The highest BCUT2D eigenvalue weighted by molar-refractivity contribution is 5.90. The number of hydrogen-bond acceptors (Lipinski definition) is 4. The van der Waals surface area contributed by atoms with Gasteiger partial charge >= 0.3 is 0 Å². The molecule has 18 heavy (non-hydrogen) atoms. The minimum Gasteiger partial charge on any atom is -0.390 e. The van der Waals surface area contributed by atoms with Gasteiger partial charge in [-0.15, -0.1) is 5.10 Å². The summed E-state index contributed by atoms with van der Waals surface area (Å²) >= 11 is 0. The number of carbonyl (C=O) groups is 1. The Morgan fingerprint density at radius 1 is 1.50 bits per heavy atom. The molecule has 6 heteroatoms. The maximum atomic E-state index is 11.7. The smallest absolute Gasteiger partial charge is 0.246 e. The van der Waals surface area contributed by atoms with Crippen molar-refractivity contribution in [2.45, 2.75) is 20.1 Å². The number of aliphatic hydroxyl groups excluding tert-OH is 1. The molecule has 1 amide bonds. The fraction of sp³-hybridized carbons (Fsp3) is 0.250. The zero-order chi connectivity index (χ0) is 13.0. The molecule has 0 spiro atoms. The highest BCUT2D eigenvalue weighted by Crippen LogP contribution is 2.09. The lowest BCUT2D eigenvalue weighted by Crippen LogP contribution is -2.19. The van der Waals surface area contributed by atoms with E-state index in [4.69, 9.17) is 5.11 Å². The van der Waals surface area contributed by atoms with Gasteiger partial charge in [0.05, 0.1) is 12.8 Å². The fourth-order valence-electron chi connectivity index (χ4n) is 1.56. The average Bonchev–Trinajstić information content (AvgIpc) is 2.76. The first-order valence-corrected chi connectivity index (χ1v) is 5.54. The van der Waals surface area contributed by atoms with Crippen molar-refractivity contribution in [1.82, 2.24) is 15.0 Å². The minimum absolute atomic E-state index is 0.0704. The van der Waals surface area contributed by atoms with Crippen molar-refractivity contribution in [3.05, 3.63) is 41.7 Å². The molecule has 2 rings (SSSR count). The second-order valence-electron chi connectivity index (χ2n) is 3.98. The normalized spacial score (nSPS) is 10.3. The molecule has 0 aliphatic heterocycles. The van der Waals surface area contributed by atoms with Crippen LogP contribution >= 0.6 is 0 Å². The number of hydrogen-bond donors (Lipinski definition) is 2. The lowest BCUT2D eigenvalue weighted by molar-refractivity contribution is -0.116. The molecular formula is C12H14N4O2. The fourth-order valence-corrected chi connectivity index (χ4v) is 1.56. The van der Waals surface area contributed by atoms with Crippen molar-refractivity contribution in [2.75, 3.05) is 5.32 Å². The average molecular weight is 246 g/mol. The van der Waals surface area contributed by atoms with Crippen LogP contribution in [0.15, 0.2) is 30.5 Å². The zero-order valence-corrected chi connectivity index (χ0v) is 10.00. The van der Waals surface area contributed by atoms with Crippen LogP contribution in [0.2, 0.25) is 0 Å². The van der Waals surface area contributed by atoms with Crippen LogP contribution in [0.5, 0.6) is 0 Å². The van der Waals surface area contributed by atoms with E-state index in [2.05, 4.69) is 15.6 Å². The van der Waals surface area contributed by atoms with Gasteiger partial charge in [0.15, 0.2) is 0 Å². The number of amides is 1.